The standard InChI is InChI=1S/C14H20F3N3O3/c1-4-9(5-2)20-8(3)10(7-18-20)12(21)19-11(13(22)23)6-14(15,16)17/h7,9,11H,4-6H2,1-3H3,(H,19,21)(H,22,23). The summed E-state index contributed by atoms with van der Waals surface area (Å²) in [6.07, 6.45) is -3.51. The molecule has 0 fully saturated rings. The molecular formula is C14H20F3N3O3. The van der Waals surface area contributed by atoms with Crippen LogP contribution in [0.2, 0.25) is 0 Å². The molecule has 130 valence electrons. The topological polar surface area (TPSA) is 84.2 Å². The summed E-state index contributed by atoms with van der Waals surface area (Å²) in [4.78, 5) is 23.0. The van der Waals surface area contributed by atoms with Crippen molar-refractivity contribution in [3.05, 3.63) is 17.5 Å². The maximum atomic E-state index is 12.4. The van der Waals surface area contributed by atoms with Gasteiger partial charge in [-0.15, -0.1) is 0 Å². The third kappa shape index (κ3) is 4.97. The van der Waals surface area contributed by atoms with Crippen molar-refractivity contribution in [2.45, 2.75) is 58.3 Å². The van der Waals surface area contributed by atoms with E-state index in [1.165, 1.54) is 6.20 Å². The van der Waals surface area contributed by atoms with Crippen molar-refractivity contribution in [3.63, 3.8) is 0 Å². The van der Waals surface area contributed by atoms with E-state index in [9.17, 15) is 22.8 Å². The Morgan fingerprint density at radius 2 is 1.91 bits per heavy atom. The van der Waals surface area contributed by atoms with Gasteiger partial charge < -0.3 is 10.4 Å². The van der Waals surface area contributed by atoms with Gasteiger partial charge in [0, 0.05) is 5.69 Å². The number of carbonyl (C=O) groups is 2. The fourth-order valence-corrected chi connectivity index (χ4v) is 2.32. The van der Waals surface area contributed by atoms with E-state index < -0.39 is 30.5 Å². The van der Waals surface area contributed by atoms with Gasteiger partial charge in [0.2, 0.25) is 0 Å². The van der Waals surface area contributed by atoms with E-state index in [2.05, 4.69) is 5.10 Å². The Kier molecular flexibility index (Phi) is 6.17. The van der Waals surface area contributed by atoms with Crippen LogP contribution >= 0.6 is 0 Å². The van der Waals surface area contributed by atoms with Gasteiger partial charge >= 0.3 is 12.1 Å². The highest BCUT2D eigenvalue weighted by Crippen LogP contribution is 2.23. The van der Waals surface area contributed by atoms with Crippen molar-refractivity contribution in [1.82, 2.24) is 15.1 Å². The molecule has 2 N–H and O–H groups in total. The number of carbonyl (C=O) groups excluding carboxylic acids is 1. The molecule has 0 aromatic carbocycles. The maximum Gasteiger partial charge on any atom is 0.391 e. The molecule has 0 spiro atoms. The van der Waals surface area contributed by atoms with Crippen LogP contribution in [0.15, 0.2) is 6.20 Å². The summed E-state index contributed by atoms with van der Waals surface area (Å²) in [5, 5.41) is 14.8. The highest BCUT2D eigenvalue weighted by atomic mass is 19.4. The molecular weight excluding hydrogens is 315 g/mol. The van der Waals surface area contributed by atoms with Crippen molar-refractivity contribution in [2.75, 3.05) is 0 Å². The van der Waals surface area contributed by atoms with Crippen molar-refractivity contribution in [1.29, 1.82) is 0 Å². The maximum absolute atomic E-state index is 12.4. The molecule has 1 atom stereocenters. The predicted molar refractivity (Wildman–Crippen MR) is 76.1 cm³/mol. The average molecular weight is 335 g/mol. The van der Waals surface area contributed by atoms with Gasteiger partial charge in [0.15, 0.2) is 0 Å². The number of halogens is 3. The Morgan fingerprint density at radius 3 is 2.35 bits per heavy atom. The van der Waals surface area contributed by atoms with Crippen LogP contribution in [0.1, 0.15) is 55.2 Å². The summed E-state index contributed by atoms with van der Waals surface area (Å²) in [6, 6.07) is -1.96. The first kappa shape index (κ1) is 19.0. The van der Waals surface area contributed by atoms with Gasteiger partial charge in [-0.2, -0.15) is 18.3 Å². The molecule has 0 aliphatic rings. The number of aromatic nitrogens is 2. The molecule has 23 heavy (non-hydrogen) atoms. The van der Waals surface area contributed by atoms with E-state index in [1.54, 1.807) is 11.6 Å². The van der Waals surface area contributed by atoms with Crippen LogP contribution in [0.3, 0.4) is 0 Å². The third-order valence-corrected chi connectivity index (χ3v) is 3.62. The number of nitrogens with zero attached hydrogens (tertiary/aromatic N) is 2. The molecule has 0 saturated carbocycles. The van der Waals surface area contributed by atoms with Crippen LogP contribution in [-0.2, 0) is 4.79 Å². The lowest BCUT2D eigenvalue weighted by Gasteiger charge is -2.17. The Balaban J connectivity index is 2.95. The summed E-state index contributed by atoms with van der Waals surface area (Å²) < 4.78 is 38.7. The van der Waals surface area contributed by atoms with Gasteiger partial charge in [-0.3, -0.25) is 9.48 Å². The largest absolute Gasteiger partial charge is 0.480 e. The number of alkyl halides is 3. The molecule has 1 amide bonds. The number of hydrogen-bond donors (Lipinski definition) is 2. The molecule has 1 aromatic heterocycles. The molecule has 1 unspecified atom stereocenters. The molecule has 1 heterocycles. The average Bonchev–Trinajstić information content (AvgIpc) is 2.80. The Bertz CT molecular complexity index is 565. The van der Waals surface area contributed by atoms with Crippen LogP contribution in [0.4, 0.5) is 13.2 Å². The highest BCUT2D eigenvalue weighted by molar-refractivity contribution is 5.97. The highest BCUT2D eigenvalue weighted by Gasteiger charge is 2.36. The van der Waals surface area contributed by atoms with E-state index in [1.807, 2.05) is 19.2 Å². The van der Waals surface area contributed by atoms with Crippen LogP contribution in [0.5, 0.6) is 0 Å². The zero-order valence-corrected chi connectivity index (χ0v) is 13.1. The van der Waals surface area contributed by atoms with Crippen LogP contribution in [-0.4, -0.2) is 39.0 Å². The van der Waals surface area contributed by atoms with Crippen molar-refractivity contribution < 1.29 is 27.9 Å². The minimum Gasteiger partial charge on any atom is -0.480 e. The third-order valence-electron chi connectivity index (χ3n) is 3.62. The number of aliphatic carboxylic acids is 1. The minimum absolute atomic E-state index is 0.0713. The zero-order valence-electron chi connectivity index (χ0n) is 13.1. The Hall–Kier alpha value is -2.06. The number of nitrogens with one attached hydrogen (secondary N) is 1. The minimum atomic E-state index is -4.69. The quantitative estimate of drug-likeness (QED) is 0.802. The molecule has 1 aromatic rings. The van der Waals surface area contributed by atoms with E-state index in [4.69, 9.17) is 5.11 Å². The summed E-state index contributed by atoms with van der Waals surface area (Å²) >= 11 is 0. The molecule has 0 aliphatic carbocycles. The smallest absolute Gasteiger partial charge is 0.391 e. The van der Waals surface area contributed by atoms with Gasteiger partial charge in [-0.05, 0) is 19.8 Å². The molecule has 0 saturated heterocycles. The van der Waals surface area contributed by atoms with Crippen molar-refractivity contribution >= 4 is 11.9 Å². The summed E-state index contributed by atoms with van der Waals surface area (Å²) in [5.74, 6) is -2.61. The fourth-order valence-electron chi connectivity index (χ4n) is 2.32. The van der Waals surface area contributed by atoms with E-state index >= 15 is 0 Å². The van der Waals surface area contributed by atoms with E-state index in [-0.39, 0.29) is 11.6 Å². The first-order valence-corrected chi connectivity index (χ1v) is 7.25. The summed E-state index contributed by atoms with van der Waals surface area (Å²) in [5.41, 5.74) is 0.567. The lowest BCUT2D eigenvalue weighted by atomic mass is 10.1. The number of carboxylic acid groups (broad SMARTS) is 1. The monoisotopic (exact) mass is 335 g/mol. The summed E-state index contributed by atoms with van der Waals surface area (Å²) in [6.45, 7) is 5.54. The van der Waals surface area contributed by atoms with Crippen LogP contribution in [0.25, 0.3) is 0 Å². The second-order valence-electron chi connectivity index (χ2n) is 5.24. The van der Waals surface area contributed by atoms with Crippen LogP contribution in [0, 0.1) is 6.92 Å². The van der Waals surface area contributed by atoms with E-state index in [0.29, 0.717) is 5.69 Å². The number of rotatable bonds is 7. The first-order valence-electron chi connectivity index (χ1n) is 7.25. The number of amides is 1. The number of carboxylic acids is 1. The Morgan fingerprint density at radius 1 is 1.35 bits per heavy atom. The second kappa shape index (κ2) is 7.47. The first-order chi connectivity index (χ1) is 10.6. The van der Waals surface area contributed by atoms with Gasteiger partial charge in [-0.1, -0.05) is 13.8 Å². The molecule has 1 rings (SSSR count). The normalized spacial score (nSPS) is 13.2. The van der Waals surface area contributed by atoms with Gasteiger partial charge in [-0.25, -0.2) is 4.79 Å². The Labute approximate surface area is 131 Å². The molecule has 0 aliphatic heterocycles. The molecule has 0 radical (unpaired) electrons. The van der Waals surface area contributed by atoms with Crippen molar-refractivity contribution in [2.24, 2.45) is 0 Å². The zero-order chi connectivity index (χ0) is 17.8. The fraction of sp³-hybridized carbons (Fsp3) is 0.643. The molecule has 6 nitrogen and oxygen atoms in total. The lowest BCUT2D eigenvalue weighted by Crippen LogP contribution is -2.43. The van der Waals surface area contributed by atoms with Gasteiger partial charge in [0.25, 0.3) is 5.91 Å². The van der Waals surface area contributed by atoms with E-state index in [0.717, 1.165) is 12.8 Å². The van der Waals surface area contributed by atoms with Crippen molar-refractivity contribution in [3.8, 4) is 0 Å². The van der Waals surface area contributed by atoms with Gasteiger partial charge in [0.1, 0.15) is 6.04 Å². The van der Waals surface area contributed by atoms with Crippen LogP contribution < -0.4 is 5.32 Å². The lowest BCUT2D eigenvalue weighted by molar-refractivity contribution is -0.157. The van der Waals surface area contributed by atoms with Gasteiger partial charge in [0.05, 0.1) is 24.2 Å². The molecule has 0 bridgehead atoms. The predicted octanol–water partition coefficient (Wildman–Crippen LogP) is 2.69. The molecule has 9 heteroatoms. The summed E-state index contributed by atoms with van der Waals surface area (Å²) in [7, 11) is 0. The second-order valence-corrected chi connectivity index (χ2v) is 5.24. The SMILES string of the molecule is CCC(CC)n1ncc(C(=O)NC(CC(F)(F)F)C(=O)O)c1C. The number of hydrogen-bond acceptors (Lipinski definition) is 3.